The molecule has 0 unspecified atom stereocenters. The number of aromatic nitrogens is 3. The van der Waals surface area contributed by atoms with E-state index < -0.39 is 17.3 Å². The third-order valence-corrected chi connectivity index (χ3v) is 2.51. The molecule has 0 spiro atoms. The van der Waals surface area contributed by atoms with Gasteiger partial charge in [-0.3, -0.25) is 4.79 Å². The van der Waals surface area contributed by atoms with Gasteiger partial charge in [-0.05, 0) is 6.92 Å². The molecular formula is C10H13N3O4. The number of allylic oxidation sites excluding steroid dienone is 2. The van der Waals surface area contributed by atoms with Crippen LogP contribution in [0.3, 0.4) is 0 Å². The lowest BCUT2D eigenvalue weighted by molar-refractivity contribution is -0.143. The van der Waals surface area contributed by atoms with E-state index in [0.717, 1.165) is 4.57 Å². The zero-order valence-corrected chi connectivity index (χ0v) is 9.46. The first-order valence-electron chi connectivity index (χ1n) is 5.36. The van der Waals surface area contributed by atoms with Gasteiger partial charge in [0.2, 0.25) is 0 Å². The lowest BCUT2D eigenvalue weighted by Gasteiger charge is -2.08. The fraction of sp³-hybridized carbons (Fsp3) is 0.500. The van der Waals surface area contributed by atoms with Crippen molar-refractivity contribution in [2.24, 2.45) is 0 Å². The second-order valence-corrected chi connectivity index (χ2v) is 3.59. The topological polar surface area (TPSA) is 75.2 Å². The van der Waals surface area contributed by atoms with Crippen molar-refractivity contribution in [2.75, 3.05) is 6.61 Å². The highest BCUT2D eigenvalue weighted by Crippen LogP contribution is 1.93. The summed E-state index contributed by atoms with van der Waals surface area (Å²) in [6.07, 6.45) is 3.60. The Labute approximate surface area is 96.5 Å². The van der Waals surface area contributed by atoms with E-state index in [0.29, 0.717) is 13.1 Å². The molecule has 7 nitrogen and oxygen atoms in total. The van der Waals surface area contributed by atoms with Gasteiger partial charge in [0.25, 0.3) is 0 Å². The van der Waals surface area contributed by atoms with Crippen LogP contribution in [0.2, 0.25) is 0 Å². The van der Waals surface area contributed by atoms with Crippen LogP contribution >= 0.6 is 0 Å². The van der Waals surface area contributed by atoms with Crippen molar-refractivity contribution in [2.45, 2.75) is 26.6 Å². The number of ether oxygens (including phenoxy) is 1. The summed E-state index contributed by atoms with van der Waals surface area (Å²) in [6.45, 7) is 2.26. The molecule has 2 rings (SSSR count). The van der Waals surface area contributed by atoms with Crippen molar-refractivity contribution in [1.82, 2.24) is 13.9 Å². The first-order chi connectivity index (χ1) is 8.15. The van der Waals surface area contributed by atoms with E-state index >= 15 is 0 Å². The lowest BCUT2D eigenvalue weighted by atomic mass is 10.4. The highest BCUT2D eigenvalue weighted by molar-refractivity contribution is 5.69. The van der Waals surface area contributed by atoms with E-state index in [1.54, 1.807) is 19.1 Å². The lowest BCUT2D eigenvalue weighted by Crippen LogP contribution is -2.32. The molecule has 0 radical (unpaired) electrons. The average Bonchev–Trinajstić information content (AvgIpc) is 2.56. The monoisotopic (exact) mass is 239 g/mol. The average molecular weight is 239 g/mol. The van der Waals surface area contributed by atoms with E-state index in [2.05, 4.69) is 0 Å². The molecule has 0 bridgehead atoms. The number of carbonyl (C=O) groups excluding carboxylic acids is 1. The largest absolute Gasteiger partial charge is 0.465 e. The minimum atomic E-state index is -0.580. The first-order valence-corrected chi connectivity index (χ1v) is 5.36. The smallest absolute Gasteiger partial charge is 0.348 e. The van der Waals surface area contributed by atoms with Crippen molar-refractivity contribution >= 4 is 5.97 Å². The second-order valence-electron chi connectivity index (χ2n) is 3.59. The summed E-state index contributed by atoms with van der Waals surface area (Å²) in [5.74, 6) is -0.580. The molecule has 0 fully saturated rings. The summed E-state index contributed by atoms with van der Waals surface area (Å²) in [5.41, 5.74) is -0.959. The Bertz CT molecular complexity index is 536. The SMILES string of the molecule is CCOC(=O)Cn1c(=O)n2n(c1=O)CC=CC2. The first kappa shape index (κ1) is 11.4. The van der Waals surface area contributed by atoms with Crippen LogP contribution in [-0.2, 0) is 29.2 Å². The maximum atomic E-state index is 11.8. The maximum Gasteiger partial charge on any atom is 0.348 e. The minimum Gasteiger partial charge on any atom is -0.465 e. The zero-order chi connectivity index (χ0) is 12.4. The van der Waals surface area contributed by atoms with Crippen LogP contribution in [0.1, 0.15) is 6.92 Å². The Morgan fingerprint density at radius 2 is 1.76 bits per heavy atom. The van der Waals surface area contributed by atoms with Crippen molar-refractivity contribution in [3.05, 3.63) is 33.1 Å². The van der Waals surface area contributed by atoms with Crippen LogP contribution in [0, 0.1) is 0 Å². The highest BCUT2D eigenvalue weighted by Gasteiger charge is 2.18. The molecule has 2 heterocycles. The number of hydrogen-bond acceptors (Lipinski definition) is 4. The Balaban J connectivity index is 2.37. The summed E-state index contributed by atoms with van der Waals surface area (Å²) in [4.78, 5) is 34.9. The number of esters is 1. The van der Waals surface area contributed by atoms with Crippen LogP contribution in [0.25, 0.3) is 0 Å². The standard InChI is InChI=1S/C10H13N3O4/c1-2-17-8(14)7-11-9(15)12-5-3-4-6-13(12)10(11)16/h3-4H,2,5-7H2,1H3. The van der Waals surface area contributed by atoms with Crippen molar-refractivity contribution in [3.8, 4) is 0 Å². The van der Waals surface area contributed by atoms with Gasteiger partial charge in [0.15, 0.2) is 0 Å². The summed E-state index contributed by atoms with van der Waals surface area (Å²) < 4.78 is 8.22. The van der Waals surface area contributed by atoms with Crippen molar-refractivity contribution < 1.29 is 9.53 Å². The van der Waals surface area contributed by atoms with Gasteiger partial charge in [-0.1, -0.05) is 12.2 Å². The van der Waals surface area contributed by atoms with Crippen LogP contribution < -0.4 is 11.4 Å². The fourth-order valence-corrected chi connectivity index (χ4v) is 1.74. The summed E-state index contributed by atoms with van der Waals surface area (Å²) >= 11 is 0. The number of carbonyl (C=O) groups is 1. The predicted octanol–water partition coefficient (Wildman–Crippen LogP) is -1.06. The predicted molar refractivity (Wildman–Crippen MR) is 58.7 cm³/mol. The van der Waals surface area contributed by atoms with Gasteiger partial charge < -0.3 is 4.74 Å². The highest BCUT2D eigenvalue weighted by atomic mass is 16.5. The van der Waals surface area contributed by atoms with Crippen LogP contribution in [0.4, 0.5) is 0 Å². The molecule has 0 saturated heterocycles. The van der Waals surface area contributed by atoms with Crippen molar-refractivity contribution in [3.63, 3.8) is 0 Å². The van der Waals surface area contributed by atoms with Crippen LogP contribution in [0.5, 0.6) is 0 Å². The molecule has 1 aromatic rings. The van der Waals surface area contributed by atoms with E-state index in [9.17, 15) is 14.4 Å². The molecule has 0 amide bonds. The molecule has 0 aromatic carbocycles. The maximum absolute atomic E-state index is 11.8. The molecule has 1 aliphatic rings. The van der Waals surface area contributed by atoms with E-state index in [1.165, 1.54) is 9.36 Å². The van der Waals surface area contributed by atoms with Gasteiger partial charge in [0, 0.05) is 0 Å². The van der Waals surface area contributed by atoms with E-state index in [4.69, 9.17) is 4.74 Å². The molecule has 92 valence electrons. The molecule has 0 saturated carbocycles. The van der Waals surface area contributed by atoms with Gasteiger partial charge in [0.05, 0.1) is 19.7 Å². The summed E-state index contributed by atoms with van der Waals surface area (Å²) in [7, 11) is 0. The molecule has 1 aliphatic heterocycles. The molecule has 17 heavy (non-hydrogen) atoms. The summed E-state index contributed by atoms with van der Waals surface area (Å²) in [5, 5.41) is 0. The Kier molecular flexibility index (Phi) is 2.99. The third kappa shape index (κ3) is 1.95. The third-order valence-electron chi connectivity index (χ3n) is 2.51. The normalized spacial score (nSPS) is 13.5. The Morgan fingerprint density at radius 1 is 1.24 bits per heavy atom. The van der Waals surface area contributed by atoms with E-state index in [1.807, 2.05) is 0 Å². The van der Waals surface area contributed by atoms with Crippen molar-refractivity contribution in [1.29, 1.82) is 0 Å². The molecule has 7 heteroatoms. The zero-order valence-electron chi connectivity index (χ0n) is 9.46. The molecule has 0 N–H and O–H groups in total. The fourth-order valence-electron chi connectivity index (χ4n) is 1.74. The van der Waals surface area contributed by atoms with Gasteiger partial charge >= 0.3 is 17.3 Å². The molecule has 0 atom stereocenters. The molecule has 1 aromatic heterocycles. The van der Waals surface area contributed by atoms with Crippen LogP contribution in [-0.4, -0.2) is 26.5 Å². The van der Waals surface area contributed by atoms with Crippen LogP contribution in [0.15, 0.2) is 21.7 Å². The van der Waals surface area contributed by atoms with Gasteiger partial charge in [-0.15, -0.1) is 0 Å². The Hall–Kier alpha value is -2.05. The molecular weight excluding hydrogens is 226 g/mol. The van der Waals surface area contributed by atoms with Gasteiger partial charge in [0.1, 0.15) is 6.54 Å². The number of nitrogens with zero attached hydrogens (tertiary/aromatic N) is 3. The number of fused-ring (bicyclic) bond motifs is 1. The number of rotatable bonds is 3. The second kappa shape index (κ2) is 4.44. The number of hydrogen-bond donors (Lipinski definition) is 0. The van der Waals surface area contributed by atoms with Gasteiger partial charge in [-0.2, -0.15) is 0 Å². The minimum absolute atomic E-state index is 0.226. The molecule has 0 aliphatic carbocycles. The van der Waals surface area contributed by atoms with Gasteiger partial charge in [-0.25, -0.2) is 23.5 Å². The Morgan fingerprint density at radius 3 is 2.24 bits per heavy atom. The quantitative estimate of drug-likeness (QED) is 0.498. The van der Waals surface area contributed by atoms with E-state index in [-0.39, 0.29) is 13.2 Å². The summed E-state index contributed by atoms with van der Waals surface area (Å²) in [6, 6.07) is 0.